The Bertz CT molecular complexity index is 330. The quantitative estimate of drug-likeness (QED) is 0.617. The minimum Gasteiger partial charge on any atom is -0.388 e. The van der Waals surface area contributed by atoms with Crippen molar-refractivity contribution in [2.75, 3.05) is 0 Å². The standard InChI is InChI=1S/C11H12O/c1-11-6-9(11)7-4-2-3-5-8(7)10(11)12/h2-5,9-10,12H,6H2,1H3/t9-,10+,11-/m0/s1. The van der Waals surface area contributed by atoms with Crippen LogP contribution in [0.3, 0.4) is 0 Å². The maximum Gasteiger partial charge on any atom is 0.0852 e. The molecule has 1 aromatic rings. The summed E-state index contributed by atoms with van der Waals surface area (Å²) in [6.45, 7) is 2.18. The van der Waals surface area contributed by atoms with E-state index in [0.717, 1.165) is 5.56 Å². The van der Waals surface area contributed by atoms with E-state index in [-0.39, 0.29) is 11.5 Å². The fraction of sp³-hybridized carbons (Fsp3) is 0.455. The van der Waals surface area contributed by atoms with Gasteiger partial charge < -0.3 is 5.11 Å². The summed E-state index contributed by atoms with van der Waals surface area (Å²) in [5.41, 5.74) is 2.73. The van der Waals surface area contributed by atoms with E-state index in [9.17, 15) is 5.11 Å². The highest BCUT2D eigenvalue weighted by Crippen LogP contribution is 2.71. The Labute approximate surface area is 72.0 Å². The third-order valence-electron chi connectivity index (χ3n) is 3.57. The monoisotopic (exact) mass is 160 g/mol. The second kappa shape index (κ2) is 1.74. The molecule has 1 aromatic carbocycles. The number of hydrogen-bond donors (Lipinski definition) is 1. The average molecular weight is 160 g/mol. The van der Waals surface area contributed by atoms with Crippen LogP contribution in [0.4, 0.5) is 0 Å². The summed E-state index contributed by atoms with van der Waals surface area (Å²) in [4.78, 5) is 0. The average Bonchev–Trinajstić information content (AvgIpc) is 2.73. The predicted octanol–water partition coefficient (Wildman–Crippen LogP) is 2.23. The number of benzene rings is 1. The molecule has 0 heterocycles. The van der Waals surface area contributed by atoms with Gasteiger partial charge in [0.15, 0.2) is 0 Å². The minimum absolute atomic E-state index is 0.184. The van der Waals surface area contributed by atoms with Crippen LogP contribution in [0.25, 0.3) is 0 Å². The summed E-state index contributed by atoms with van der Waals surface area (Å²) in [5.74, 6) is 0.642. The van der Waals surface area contributed by atoms with Crippen LogP contribution in [0.15, 0.2) is 24.3 Å². The normalized spacial score (nSPS) is 42.2. The highest BCUT2D eigenvalue weighted by Gasteiger charge is 2.61. The molecule has 1 nitrogen and oxygen atoms in total. The van der Waals surface area contributed by atoms with Gasteiger partial charge in [0.2, 0.25) is 0 Å². The van der Waals surface area contributed by atoms with E-state index >= 15 is 0 Å². The van der Waals surface area contributed by atoms with Crippen molar-refractivity contribution in [1.82, 2.24) is 0 Å². The smallest absolute Gasteiger partial charge is 0.0852 e. The molecule has 12 heavy (non-hydrogen) atoms. The van der Waals surface area contributed by atoms with Gasteiger partial charge in [-0.05, 0) is 23.5 Å². The van der Waals surface area contributed by atoms with E-state index in [2.05, 4.69) is 25.1 Å². The summed E-state index contributed by atoms with van der Waals surface area (Å²) in [6, 6.07) is 8.28. The Kier molecular flexibility index (Phi) is 0.969. The van der Waals surface area contributed by atoms with Gasteiger partial charge in [0.1, 0.15) is 0 Å². The fourth-order valence-corrected chi connectivity index (χ4v) is 2.58. The van der Waals surface area contributed by atoms with E-state index < -0.39 is 0 Å². The molecule has 0 unspecified atom stereocenters. The fourth-order valence-electron chi connectivity index (χ4n) is 2.58. The van der Waals surface area contributed by atoms with E-state index in [1.54, 1.807) is 0 Å². The Morgan fingerprint density at radius 1 is 1.33 bits per heavy atom. The summed E-state index contributed by atoms with van der Waals surface area (Å²) in [6.07, 6.45) is 0.962. The largest absolute Gasteiger partial charge is 0.388 e. The van der Waals surface area contributed by atoms with Crippen molar-refractivity contribution >= 4 is 0 Å². The number of hydrogen-bond acceptors (Lipinski definition) is 1. The Balaban J connectivity index is 2.21. The molecule has 1 saturated carbocycles. The predicted molar refractivity (Wildman–Crippen MR) is 46.9 cm³/mol. The second-order valence-electron chi connectivity index (χ2n) is 4.29. The van der Waals surface area contributed by atoms with Gasteiger partial charge in [0, 0.05) is 5.41 Å². The number of rotatable bonds is 0. The van der Waals surface area contributed by atoms with Crippen molar-refractivity contribution in [2.24, 2.45) is 5.41 Å². The maximum absolute atomic E-state index is 9.95. The molecule has 0 bridgehead atoms. The lowest BCUT2D eigenvalue weighted by atomic mass is 9.99. The molecule has 0 aliphatic heterocycles. The summed E-state index contributed by atoms with van der Waals surface area (Å²) < 4.78 is 0. The lowest BCUT2D eigenvalue weighted by molar-refractivity contribution is 0.111. The van der Waals surface area contributed by atoms with Gasteiger partial charge in [-0.2, -0.15) is 0 Å². The molecule has 1 heteroatoms. The number of fused-ring (bicyclic) bond motifs is 3. The van der Waals surface area contributed by atoms with Crippen LogP contribution in [0, 0.1) is 5.41 Å². The zero-order valence-electron chi connectivity index (χ0n) is 7.12. The first-order valence-corrected chi connectivity index (χ1v) is 4.50. The Morgan fingerprint density at radius 2 is 2.00 bits per heavy atom. The number of aliphatic hydroxyl groups excluding tert-OH is 1. The van der Waals surface area contributed by atoms with E-state index in [4.69, 9.17) is 0 Å². The molecular weight excluding hydrogens is 148 g/mol. The third kappa shape index (κ3) is 0.558. The third-order valence-corrected chi connectivity index (χ3v) is 3.57. The van der Waals surface area contributed by atoms with Crippen LogP contribution in [0.1, 0.15) is 36.5 Å². The van der Waals surface area contributed by atoms with Crippen molar-refractivity contribution in [2.45, 2.75) is 25.4 Å². The second-order valence-corrected chi connectivity index (χ2v) is 4.29. The summed E-state index contributed by atoms with van der Waals surface area (Å²) in [7, 11) is 0. The first-order chi connectivity index (χ1) is 5.73. The van der Waals surface area contributed by atoms with Crippen molar-refractivity contribution < 1.29 is 5.11 Å². The van der Waals surface area contributed by atoms with Crippen molar-refractivity contribution in [3.05, 3.63) is 35.4 Å². The van der Waals surface area contributed by atoms with Gasteiger partial charge in [0.25, 0.3) is 0 Å². The first kappa shape index (κ1) is 6.67. The molecule has 3 atom stereocenters. The van der Waals surface area contributed by atoms with Crippen molar-refractivity contribution in [1.29, 1.82) is 0 Å². The highest BCUT2D eigenvalue weighted by atomic mass is 16.3. The molecule has 0 spiro atoms. The van der Waals surface area contributed by atoms with Crippen LogP contribution in [-0.4, -0.2) is 5.11 Å². The zero-order chi connectivity index (χ0) is 8.34. The molecule has 0 amide bonds. The molecular formula is C11H12O. The van der Waals surface area contributed by atoms with Crippen LogP contribution < -0.4 is 0 Å². The summed E-state index contributed by atoms with van der Waals surface area (Å²) in [5, 5.41) is 9.95. The van der Waals surface area contributed by atoms with Gasteiger partial charge in [-0.3, -0.25) is 0 Å². The lowest BCUT2D eigenvalue weighted by Crippen LogP contribution is -2.05. The van der Waals surface area contributed by atoms with Gasteiger partial charge in [-0.25, -0.2) is 0 Å². The zero-order valence-corrected chi connectivity index (χ0v) is 7.12. The van der Waals surface area contributed by atoms with Crippen molar-refractivity contribution in [3.8, 4) is 0 Å². The molecule has 3 rings (SSSR count). The Hall–Kier alpha value is -0.820. The van der Waals surface area contributed by atoms with Gasteiger partial charge in [0.05, 0.1) is 6.10 Å². The van der Waals surface area contributed by atoms with E-state index in [0.29, 0.717) is 5.92 Å². The number of aliphatic hydroxyl groups is 1. The van der Waals surface area contributed by atoms with Crippen molar-refractivity contribution in [3.63, 3.8) is 0 Å². The molecule has 1 fully saturated rings. The summed E-state index contributed by atoms with van der Waals surface area (Å²) >= 11 is 0. The SMILES string of the molecule is C[C@]12C[C@H]1c1ccccc1[C@H]2O. The van der Waals surface area contributed by atoms with E-state index in [1.807, 2.05) is 6.07 Å². The Morgan fingerprint density at radius 3 is 2.67 bits per heavy atom. The topological polar surface area (TPSA) is 20.2 Å². The van der Waals surface area contributed by atoms with Crippen LogP contribution in [0.2, 0.25) is 0 Å². The molecule has 2 aliphatic carbocycles. The molecule has 2 aliphatic rings. The molecule has 0 aromatic heterocycles. The molecule has 1 N–H and O–H groups in total. The van der Waals surface area contributed by atoms with Gasteiger partial charge in [-0.1, -0.05) is 31.2 Å². The van der Waals surface area contributed by atoms with Crippen LogP contribution >= 0.6 is 0 Å². The van der Waals surface area contributed by atoms with Gasteiger partial charge >= 0.3 is 0 Å². The van der Waals surface area contributed by atoms with E-state index in [1.165, 1.54) is 12.0 Å². The maximum atomic E-state index is 9.95. The molecule has 62 valence electrons. The molecule has 0 radical (unpaired) electrons. The minimum atomic E-state index is -0.210. The molecule has 0 saturated heterocycles. The van der Waals surface area contributed by atoms with Gasteiger partial charge in [-0.15, -0.1) is 0 Å². The van der Waals surface area contributed by atoms with Crippen LogP contribution in [-0.2, 0) is 0 Å². The first-order valence-electron chi connectivity index (χ1n) is 4.50. The lowest BCUT2D eigenvalue weighted by Gasteiger charge is -2.13. The van der Waals surface area contributed by atoms with Crippen LogP contribution in [0.5, 0.6) is 0 Å². The highest BCUT2D eigenvalue weighted by molar-refractivity contribution is 5.46.